The largest absolute Gasteiger partial charge is 0.340 e. The number of rotatable bonds is 1. The fraction of sp³-hybridized carbons (Fsp3) is 0.917. The fourth-order valence-electron chi connectivity index (χ4n) is 3.53. The molecule has 4 heteroatoms. The van der Waals surface area contributed by atoms with E-state index in [-0.39, 0.29) is 12.4 Å². The molecular weight excluding hydrogens is 224 g/mol. The molecule has 0 aromatic rings. The molecule has 1 amide bonds. The average molecular weight is 245 g/mol. The molecule has 1 saturated heterocycles. The van der Waals surface area contributed by atoms with Crippen molar-refractivity contribution in [3.05, 3.63) is 0 Å². The van der Waals surface area contributed by atoms with Crippen molar-refractivity contribution in [1.82, 2.24) is 10.2 Å². The second kappa shape index (κ2) is 4.53. The minimum atomic E-state index is 0. The summed E-state index contributed by atoms with van der Waals surface area (Å²) in [5.74, 6) is 2.41. The molecule has 0 bridgehead atoms. The molecule has 0 spiro atoms. The highest BCUT2D eigenvalue weighted by molar-refractivity contribution is 5.85. The molecule has 1 aliphatic heterocycles. The van der Waals surface area contributed by atoms with Gasteiger partial charge in [-0.25, -0.2) is 0 Å². The van der Waals surface area contributed by atoms with E-state index >= 15 is 0 Å². The lowest BCUT2D eigenvalue weighted by Crippen LogP contribution is -2.52. The van der Waals surface area contributed by atoms with Crippen LogP contribution in [-0.4, -0.2) is 36.5 Å². The van der Waals surface area contributed by atoms with Gasteiger partial charge in [-0.1, -0.05) is 6.42 Å². The Bertz CT molecular complexity index is 274. The van der Waals surface area contributed by atoms with Crippen LogP contribution in [-0.2, 0) is 4.79 Å². The van der Waals surface area contributed by atoms with Crippen LogP contribution in [0.4, 0.5) is 0 Å². The normalized spacial score (nSPS) is 41.2. The zero-order valence-electron chi connectivity index (χ0n) is 9.82. The number of nitrogens with one attached hydrogen (secondary N) is 1. The van der Waals surface area contributed by atoms with Crippen LogP contribution < -0.4 is 5.32 Å². The standard InChI is InChI=1S/C12H20N2O.ClH/c1-8-7-14(6-5-13-8)12(15)11-9-3-2-4-10(9)11;/h8-11,13H,2-7H2,1H3;1H/t8-,9?,10?,11?;/m0./s1. The van der Waals surface area contributed by atoms with Crippen molar-refractivity contribution in [3.8, 4) is 0 Å². The first-order chi connectivity index (χ1) is 7.27. The van der Waals surface area contributed by atoms with Crippen LogP contribution in [0.15, 0.2) is 0 Å². The summed E-state index contributed by atoms with van der Waals surface area (Å²) in [4.78, 5) is 14.3. The van der Waals surface area contributed by atoms with Gasteiger partial charge in [0.2, 0.25) is 5.91 Å². The second-order valence-electron chi connectivity index (χ2n) is 5.42. The van der Waals surface area contributed by atoms with E-state index in [0.29, 0.717) is 17.9 Å². The van der Waals surface area contributed by atoms with E-state index in [2.05, 4.69) is 17.1 Å². The summed E-state index contributed by atoms with van der Waals surface area (Å²) in [5.41, 5.74) is 0. The minimum absolute atomic E-state index is 0. The van der Waals surface area contributed by atoms with Gasteiger partial charge >= 0.3 is 0 Å². The number of amides is 1. The van der Waals surface area contributed by atoms with Gasteiger partial charge in [0.05, 0.1) is 0 Å². The number of halogens is 1. The molecule has 0 radical (unpaired) electrons. The van der Waals surface area contributed by atoms with Gasteiger partial charge in [-0.05, 0) is 31.6 Å². The molecule has 3 fully saturated rings. The lowest BCUT2D eigenvalue weighted by Gasteiger charge is -2.32. The van der Waals surface area contributed by atoms with Crippen molar-refractivity contribution in [2.24, 2.45) is 17.8 Å². The van der Waals surface area contributed by atoms with Crippen LogP contribution in [0.2, 0.25) is 0 Å². The highest BCUT2D eigenvalue weighted by Gasteiger charge is 2.57. The van der Waals surface area contributed by atoms with E-state index in [1.165, 1.54) is 19.3 Å². The summed E-state index contributed by atoms with van der Waals surface area (Å²) < 4.78 is 0. The number of piperazine rings is 1. The maximum absolute atomic E-state index is 12.2. The summed E-state index contributed by atoms with van der Waals surface area (Å²) in [6.07, 6.45) is 3.97. The molecule has 16 heavy (non-hydrogen) atoms. The van der Waals surface area contributed by atoms with Crippen LogP contribution in [0.1, 0.15) is 26.2 Å². The van der Waals surface area contributed by atoms with Crippen molar-refractivity contribution in [2.75, 3.05) is 19.6 Å². The predicted octanol–water partition coefficient (Wildman–Crippen LogP) is 1.27. The van der Waals surface area contributed by atoms with E-state index in [9.17, 15) is 4.79 Å². The Kier molecular flexibility index (Phi) is 3.45. The molecular formula is C12H21ClN2O. The number of hydrogen-bond acceptors (Lipinski definition) is 2. The summed E-state index contributed by atoms with van der Waals surface area (Å²) in [5, 5.41) is 3.38. The quantitative estimate of drug-likeness (QED) is 0.754. The Hall–Kier alpha value is -0.280. The first-order valence-corrected chi connectivity index (χ1v) is 6.29. The number of carbonyl (C=O) groups is 1. The predicted molar refractivity (Wildman–Crippen MR) is 65.6 cm³/mol. The molecule has 1 heterocycles. The van der Waals surface area contributed by atoms with Gasteiger partial charge in [0, 0.05) is 31.6 Å². The summed E-state index contributed by atoms with van der Waals surface area (Å²) in [7, 11) is 0. The Morgan fingerprint density at radius 2 is 2.00 bits per heavy atom. The number of nitrogens with zero attached hydrogens (tertiary/aromatic N) is 1. The third-order valence-corrected chi connectivity index (χ3v) is 4.37. The van der Waals surface area contributed by atoms with Crippen molar-refractivity contribution in [3.63, 3.8) is 0 Å². The summed E-state index contributed by atoms with van der Waals surface area (Å²) in [6, 6.07) is 0.473. The molecule has 3 rings (SSSR count). The van der Waals surface area contributed by atoms with Gasteiger partial charge in [-0.15, -0.1) is 12.4 Å². The van der Waals surface area contributed by atoms with Crippen molar-refractivity contribution in [1.29, 1.82) is 0 Å². The lowest BCUT2D eigenvalue weighted by atomic mass is 10.1. The van der Waals surface area contributed by atoms with Gasteiger partial charge in [0.15, 0.2) is 0 Å². The first-order valence-electron chi connectivity index (χ1n) is 6.29. The van der Waals surface area contributed by atoms with E-state index in [0.717, 1.165) is 31.5 Å². The third-order valence-electron chi connectivity index (χ3n) is 4.37. The van der Waals surface area contributed by atoms with Crippen molar-refractivity contribution in [2.45, 2.75) is 32.2 Å². The van der Waals surface area contributed by atoms with Crippen molar-refractivity contribution < 1.29 is 4.79 Å². The number of fused-ring (bicyclic) bond motifs is 1. The van der Waals surface area contributed by atoms with Crippen LogP contribution >= 0.6 is 12.4 Å². The first kappa shape index (κ1) is 12.2. The van der Waals surface area contributed by atoms with E-state index in [1.807, 2.05) is 0 Å². The Morgan fingerprint density at radius 3 is 2.62 bits per heavy atom. The van der Waals surface area contributed by atoms with E-state index in [1.54, 1.807) is 0 Å². The minimum Gasteiger partial charge on any atom is -0.340 e. The Balaban J connectivity index is 0.000000963. The van der Waals surface area contributed by atoms with E-state index < -0.39 is 0 Å². The summed E-state index contributed by atoms with van der Waals surface area (Å²) in [6.45, 7) is 4.95. The summed E-state index contributed by atoms with van der Waals surface area (Å²) >= 11 is 0. The Morgan fingerprint density at radius 1 is 1.31 bits per heavy atom. The van der Waals surface area contributed by atoms with Gasteiger partial charge in [-0.3, -0.25) is 4.79 Å². The highest BCUT2D eigenvalue weighted by atomic mass is 35.5. The number of hydrogen-bond donors (Lipinski definition) is 1. The zero-order valence-corrected chi connectivity index (χ0v) is 10.6. The SMILES string of the molecule is C[C@H]1CN(C(=O)C2C3CCCC32)CCN1.Cl. The number of carbonyl (C=O) groups excluding carboxylic acids is 1. The molecule has 3 aliphatic rings. The van der Waals surface area contributed by atoms with Crippen LogP contribution in [0.25, 0.3) is 0 Å². The zero-order chi connectivity index (χ0) is 10.4. The molecule has 0 aromatic carbocycles. The lowest BCUT2D eigenvalue weighted by molar-refractivity contribution is -0.134. The smallest absolute Gasteiger partial charge is 0.226 e. The average Bonchev–Trinajstić information content (AvgIpc) is 2.70. The molecule has 2 unspecified atom stereocenters. The maximum atomic E-state index is 12.2. The van der Waals surface area contributed by atoms with Gasteiger partial charge in [0.25, 0.3) is 0 Å². The van der Waals surface area contributed by atoms with Crippen LogP contribution in [0.3, 0.4) is 0 Å². The molecule has 92 valence electrons. The third kappa shape index (κ3) is 1.95. The molecule has 3 atom stereocenters. The molecule has 2 aliphatic carbocycles. The molecule has 2 saturated carbocycles. The maximum Gasteiger partial charge on any atom is 0.226 e. The van der Waals surface area contributed by atoms with Crippen LogP contribution in [0.5, 0.6) is 0 Å². The fourth-order valence-corrected chi connectivity index (χ4v) is 3.53. The van der Waals surface area contributed by atoms with Crippen LogP contribution in [0, 0.1) is 17.8 Å². The molecule has 1 N–H and O–H groups in total. The monoisotopic (exact) mass is 244 g/mol. The van der Waals surface area contributed by atoms with Crippen molar-refractivity contribution >= 4 is 18.3 Å². The Labute approximate surface area is 103 Å². The van der Waals surface area contributed by atoms with Gasteiger partial charge in [-0.2, -0.15) is 0 Å². The second-order valence-corrected chi connectivity index (χ2v) is 5.42. The molecule has 0 aromatic heterocycles. The molecule has 3 nitrogen and oxygen atoms in total. The van der Waals surface area contributed by atoms with Gasteiger partial charge in [0.1, 0.15) is 0 Å². The van der Waals surface area contributed by atoms with E-state index in [4.69, 9.17) is 0 Å². The highest BCUT2D eigenvalue weighted by Crippen LogP contribution is 2.58. The topological polar surface area (TPSA) is 32.3 Å². The van der Waals surface area contributed by atoms with Gasteiger partial charge < -0.3 is 10.2 Å².